The average molecular weight is 287 g/mol. The molecule has 0 bridgehead atoms. The van der Waals surface area contributed by atoms with Gasteiger partial charge in [-0.2, -0.15) is 0 Å². The molecule has 1 fully saturated rings. The Labute approximate surface area is 137 Å². The van der Waals surface area contributed by atoms with Crippen LogP contribution < -0.4 is 29.6 Å². The summed E-state index contributed by atoms with van der Waals surface area (Å²) >= 11 is 0. The van der Waals surface area contributed by atoms with Crippen molar-refractivity contribution in [2.24, 2.45) is 0 Å². The van der Waals surface area contributed by atoms with Gasteiger partial charge in [0.05, 0.1) is 6.61 Å². The maximum absolute atomic E-state index is 11.1. The number of hydrogen-bond acceptors (Lipinski definition) is 6. The Morgan fingerprint density at radius 2 is 1.85 bits per heavy atom. The van der Waals surface area contributed by atoms with Crippen LogP contribution >= 0.6 is 0 Å². The zero-order valence-corrected chi connectivity index (χ0v) is 12.9. The first kappa shape index (κ1) is 15.3. The summed E-state index contributed by atoms with van der Waals surface area (Å²) in [5, 5.41) is 18.8. The minimum atomic E-state index is -1.01. The Morgan fingerprint density at radius 3 is 2.45 bits per heavy atom. The van der Waals surface area contributed by atoms with Crippen LogP contribution in [0.4, 0.5) is 0 Å². The minimum absolute atomic E-state index is 0. The Hall–Kier alpha value is -1.05. The van der Waals surface area contributed by atoms with Gasteiger partial charge in [-0.15, -0.1) is 0 Å². The van der Waals surface area contributed by atoms with Crippen LogP contribution in [-0.4, -0.2) is 35.0 Å². The molecule has 1 aromatic carbocycles. The minimum Gasteiger partial charge on any atom is -0.505 e. The summed E-state index contributed by atoms with van der Waals surface area (Å²) in [6.45, 7) is 0.162. The number of cyclic esters (lactones) is 1. The number of esters is 1. The van der Waals surface area contributed by atoms with E-state index >= 15 is 0 Å². The van der Waals surface area contributed by atoms with Gasteiger partial charge < -0.3 is 24.4 Å². The number of aliphatic hydroxyl groups excluding tert-OH is 2. The van der Waals surface area contributed by atoms with Crippen molar-refractivity contribution in [3.05, 3.63) is 47.4 Å². The van der Waals surface area contributed by atoms with Crippen molar-refractivity contribution in [1.82, 2.24) is 0 Å². The molecule has 2 aliphatic heterocycles. The summed E-state index contributed by atoms with van der Waals surface area (Å²) in [5.74, 6) is -2.22. The summed E-state index contributed by atoms with van der Waals surface area (Å²) < 4.78 is 15.9. The molecule has 0 saturated carbocycles. The smallest absolute Gasteiger partial charge is 0.505 e. The molecule has 100 valence electrons. The van der Waals surface area contributed by atoms with Gasteiger partial charge in [0.1, 0.15) is 6.10 Å². The second-order valence-electron chi connectivity index (χ2n) is 4.31. The van der Waals surface area contributed by atoms with E-state index in [0.717, 1.165) is 5.56 Å². The molecular weight excluding hydrogens is 275 g/mol. The van der Waals surface area contributed by atoms with Crippen molar-refractivity contribution in [3.63, 3.8) is 0 Å². The van der Waals surface area contributed by atoms with Gasteiger partial charge in [-0.3, -0.25) is 0 Å². The molecular formula is C13H12NaO6+. The summed E-state index contributed by atoms with van der Waals surface area (Å²) in [6, 6.07) is 9.28. The molecule has 2 aliphatic rings. The first-order valence-corrected chi connectivity index (χ1v) is 5.82. The maximum Gasteiger partial charge on any atom is 1.00 e. The van der Waals surface area contributed by atoms with Gasteiger partial charge in [-0.1, -0.05) is 30.3 Å². The molecule has 3 rings (SSSR count). The third-order valence-electron chi connectivity index (χ3n) is 3.06. The summed E-state index contributed by atoms with van der Waals surface area (Å²) in [5.41, 5.74) is 0.835. The van der Waals surface area contributed by atoms with Gasteiger partial charge in [-0.25, -0.2) is 4.79 Å². The van der Waals surface area contributed by atoms with Crippen LogP contribution in [-0.2, 0) is 19.0 Å². The molecule has 6 nitrogen and oxygen atoms in total. The topological polar surface area (TPSA) is 85.2 Å². The maximum atomic E-state index is 11.1. The monoisotopic (exact) mass is 287 g/mol. The summed E-state index contributed by atoms with van der Waals surface area (Å²) in [7, 11) is 0. The largest absolute Gasteiger partial charge is 1.00 e. The van der Waals surface area contributed by atoms with E-state index in [1.165, 1.54) is 0 Å². The Balaban J connectivity index is 0.00000147. The van der Waals surface area contributed by atoms with E-state index in [4.69, 9.17) is 14.2 Å². The van der Waals surface area contributed by atoms with Crippen molar-refractivity contribution in [2.45, 2.75) is 18.5 Å². The van der Waals surface area contributed by atoms with Gasteiger partial charge in [-0.05, 0) is 0 Å². The van der Waals surface area contributed by atoms with Crippen molar-refractivity contribution in [1.29, 1.82) is 0 Å². The first-order chi connectivity index (χ1) is 9.16. The van der Waals surface area contributed by atoms with Gasteiger partial charge in [0, 0.05) is 5.56 Å². The van der Waals surface area contributed by atoms with E-state index in [1.54, 1.807) is 0 Å². The van der Waals surface area contributed by atoms with E-state index in [2.05, 4.69) is 0 Å². The quantitative estimate of drug-likeness (QED) is 0.501. The number of carbonyl (C=O) groups is 1. The van der Waals surface area contributed by atoms with Crippen LogP contribution in [0.3, 0.4) is 0 Å². The van der Waals surface area contributed by atoms with Crippen molar-refractivity contribution >= 4 is 5.97 Å². The molecule has 2 heterocycles. The Kier molecular flexibility index (Phi) is 4.72. The molecule has 0 amide bonds. The van der Waals surface area contributed by atoms with E-state index in [1.807, 2.05) is 30.3 Å². The molecule has 3 atom stereocenters. The van der Waals surface area contributed by atoms with Gasteiger partial charge in [0.2, 0.25) is 5.76 Å². The molecule has 0 aromatic heterocycles. The zero-order chi connectivity index (χ0) is 13.4. The molecule has 0 spiro atoms. The third-order valence-corrected chi connectivity index (χ3v) is 3.06. The van der Waals surface area contributed by atoms with Crippen LogP contribution in [0.2, 0.25) is 0 Å². The number of benzene rings is 1. The van der Waals surface area contributed by atoms with Crippen LogP contribution in [0.5, 0.6) is 0 Å². The van der Waals surface area contributed by atoms with Gasteiger partial charge in [0.15, 0.2) is 18.2 Å². The molecule has 7 heteroatoms. The van der Waals surface area contributed by atoms with Crippen LogP contribution in [0.15, 0.2) is 41.9 Å². The molecule has 1 aromatic rings. The molecule has 0 radical (unpaired) electrons. The number of hydrogen-bond donors (Lipinski definition) is 2. The number of aliphatic hydroxyl groups is 2. The number of rotatable bonds is 2. The summed E-state index contributed by atoms with van der Waals surface area (Å²) in [4.78, 5) is 11.1. The van der Waals surface area contributed by atoms with Crippen molar-refractivity contribution in [3.8, 4) is 0 Å². The third kappa shape index (κ3) is 2.70. The first-order valence-electron chi connectivity index (χ1n) is 5.82. The predicted molar refractivity (Wildman–Crippen MR) is 62.2 cm³/mol. The number of carbonyl (C=O) groups excluding carboxylic acids is 1. The molecule has 2 N–H and O–H groups in total. The fraction of sp³-hybridized carbons (Fsp3) is 0.308. The van der Waals surface area contributed by atoms with E-state index in [-0.39, 0.29) is 36.2 Å². The Bertz CT molecular complexity index is 529. The standard InChI is InChI=1S/C13H12O6.Na/c14-9-10(15)12(16)19-11(9)8-6-17-13(18-8)7-4-2-1-3-5-7;/h1-5,8,11,13-15H,6H2;/q;+1/t8?,11-,13?;/m0./s1. The molecule has 1 saturated heterocycles. The van der Waals surface area contributed by atoms with Crippen molar-refractivity contribution < 1.29 is 58.8 Å². The predicted octanol–water partition coefficient (Wildman–Crippen LogP) is -1.64. The van der Waals surface area contributed by atoms with Gasteiger partial charge in [0.25, 0.3) is 0 Å². The van der Waals surface area contributed by atoms with Gasteiger partial charge >= 0.3 is 35.5 Å². The molecule has 2 unspecified atom stereocenters. The van der Waals surface area contributed by atoms with E-state index in [9.17, 15) is 15.0 Å². The number of ether oxygens (including phenoxy) is 3. The van der Waals surface area contributed by atoms with E-state index in [0.29, 0.717) is 0 Å². The Morgan fingerprint density at radius 1 is 1.15 bits per heavy atom. The molecule has 20 heavy (non-hydrogen) atoms. The second-order valence-corrected chi connectivity index (χ2v) is 4.31. The second kappa shape index (κ2) is 6.15. The fourth-order valence-corrected chi connectivity index (χ4v) is 2.08. The zero-order valence-electron chi connectivity index (χ0n) is 10.9. The normalized spacial score (nSPS) is 29.2. The van der Waals surface area contributed by atoms with Crippen molar-refractivity contribution in [2.75, 3.05) is 6.61 Å². The van der Waals surface area contributed by atoms with Crippen LogP contribution in [0.1, 0.15) is 11.9 Å². The average Bonchev–Trinajstić information content (AvgIpc) is 3.01. The SMILES string of the molecule is O=C1O[C@@H](C2COC(c3ccccc3)O2)C(O)=C1O.[Na+]. The summed E-state index contributed by atoms with van der Waals surface area (Å²) in [6.07, 6.45) is -2.22. The van der Waals surface area contributed by atoms with Crippen LogP contribution in [0.25, 0.3) is 0 Å². The molecule has 0 aliphatic carbocycles. The van der Waals surface area contributed by atoms with E-state index < -0.39 is 36.0 Å². The fourth-order valence-electron chi connectivity index (χ4n) is 2.08. The van der Waals surface area contributed by atoms with Crippen LogP contribution in [0, 0.1) is 0 Å².